The summed E-state index contributed by atoms with van der Waals surface area (Å²) < 4.78 is 5.08. The fourth-order valence-corrected chi connectivity index (χ4v) is 1.61. The van der Waals surface area contributed by atoms with E-state index in [0.717, 1.165) is 5.01 Å². The first-order valence-electron chi connectivity index (χ1n) is 5.30. The van der Waals surface area contributed by atoms with E-state index < -0.39 is 5.97 Å². The molecule has 0 saturated heterocycles. The fourth-order valence-electron chi connectivity index (χ4n) is 1.61. The summed E-state index contributed by atoms with van der Waals surface area (Å²) in [6.07, 6.45) is -0.233. The van der Waals surface area contributed by atoms with Crippen LogP contribution in [0.25, 0.3) is 0 Å². The van der Waals surface area contributed by atoms with Crippen LogP contribution in [0.1, 0.15) is 6.42 Å². The van der Waals surface area contributed by atoms with Gasteiger partial charge in [-0.05, 0) is 12.1 Å². The smallest absolute Gasteiger partial charge is 0.365 e. The molecule has 1 aliphatic heterocycles. The zero-order valence-corrected chi connectivity index (χ0v) is 9.71. The molecule has 1 amide bonds. The Morgan fingerprint density at radius 2 is 2.06 bits per heavy atom. The highest BCUT2D eigenvalue weighted by Crippen LogP contribution is 2.17. The lowest BCUT2D eigenvalue weighted by atomic mass is 10.2. The number of para-hydroxylation sites is 1. The fraction of sp³-hybridized carbons (Fsp3) is 0.167. The Morgan fingerprint density at radius 1 is 1.39 bits per heavy atom. The lowest BCUT2D eigenvalue weighted by Gasteiger charge is -2.26. The lowest BCUT2D eigenvalue weighted by molar-refractivity contribution is -0.134. The summed E-state index contributed by atoms with van der Waals surface area (Å²) in [5, 5.41) is 10.8. The first-order chi connectivity index (χ1) is 8.58. The molecule has 18 heavy (non-hydrogen) atoms. The van der Waals surface area contributed by atoms with E-state index in [2.05, 4.69) is 5.43 Å². The summed E-state index contributed by atoms with van der Waals surface area (Å²) in [6.45, 7) is 0. The van der Waals surface area contributed by atoms with Crippen LogP contribution in [0.2, 0.25) is 0 Å². The molecule has 0 aromatic heterocycles. The number of hydrogen-bond donors (Lipinski definition) is 2. The molecule has 1 heterocycles. The van der Waals surface area contributed by atoms with Gasteiger partial charge in [0.25, 0.3) is 0 Å². The molecule has 6 nitrogen and oxygen atoms in total. The Kier molecular flexibility index (Phi) is 3.18. The Labute approximate surface area is 103 Å². The third-order valence-corrected chi connectivity index (χ3v) is 2.38. The van der Waals surface area contributed by atoms with Gasteiger partial charge in [0, 0.05) is 7.05 Å². The predicted molar refractivity (Wildman–Crippen MR) is 62.3 cm³/mol. The molecule has 1 aromatic carbocycles. The largest absolute Gasteiger partial charge is 0.509 e. The number of aliphatic hydroxyl groups is 1. The van der Waals surface area contributed by atoms with Crippen LogP contribution < -0.4 is 10.2 Å². The topological polar surface area (TPSA) is 78.9 Å². The monoisotopic (exact) mass is 248 g/mol. The zero-order valence-electron chi connectivity index (χ0n) is 9.71. The molecule has 0 spiro atoms. The Hall–Kier alpha value is -2.50. The van der Waals surface area contributed by atoms with Gasteiger partial charge in [0.15, 0.2) is 5.70 Å². The highest BCUT2D eigenvalue weighted by molar-refractivity contribution is 5.93. The van der Waals surface area contributed by atoms with Crippen molar-refractivity contribution in [1.82, 2.24) is 10.4 Å². The molecule has 0 saturated carbocycles. The summed E-state index contributed by atoms with van der Waals surface area (Å²) in [5.41, 5.74) is 2.33. The minimum Gasteiger partial charge on any atom is -0.509 e. The average molecular weight is 248 g/mol. The van der Waals surface area contributed by atoms with Crippen LogP contribution in [0, 0.1) is 0 Å². The Bertz CT molecular complexity index is 510. The number of nitrogens with one attached hydrogen (secondary N) is 1. The van der Waals surface area contributed by atoms with Gasteiger partial charge in [-0.3, -0.25) is 15.2 Å². The van der Waals surface area contributed by atoms with Crippen LogP contribution in [0.4, 0.5) is 0 Å². The van der Waals surface area contributed by atoms with Gasteiger partial charge in [-0.15, -0.1) is 0 Å². The van der Waals surface area contributed by atoms with E-state index in [-0.39, 0.29) is 23.8 Å². The van der Waals surface area contributed by atoms with E-state index in [9.17, 15) is 14.7 Å². The summed E-state index contributed by atoms with van der Waals surface area (Å²) >= 11 is 0. The van der Waals surface area contributed by atoms with Crippen molar-refractivity contribution >= 4 is 11.9 Å². The van der Waals surface area contributed by atoms with Gasteiger partial charge >= 0.3 is 5.97 Å². The van der Waals surface area contributed by atoms with Crippen LogP contribution >= 0.6 is 0 Å². The highest BCUT2D eigenvalue weighted by atomic mass is 16.5. The van der Waals surface area contributed by atoms with Crippen LogP contribution in [0.3, 0.4) is 0 Å². The molecule has 94 valence electrons. The van der Waals surface area contributed by atoms with E-state index in [1.165, 1.54) is 7.05 Å². The van der Waals surface area contributed by atoms with Gasteiger partial charge in [0.05, 0.1) is 6.42 Å². The van der Waals surface area contributed by atoms with Crippen LogP contribution in [-0.4, -0.2) is 29.0 Å². The number of ether oxygens (including phenoxy) is 1. The second kappa shape index (κ2) is 4.79. The number of aliphatic hydroxyl groups excluding tert-OH is 1. The molecule has 0 fully saturated rings. The minimum absolute atomic E-state index is 0.0709. The molecule has 0 atom stereocenters. The van der Waals surface area contributed by atoms with Gasteiger partial charge in [0.2, 0.25) is 5.91 Å². The number of benzene rings is 1. The molecule has 1 aromatic rings. The van der Waals surface area contributed by atoms with Crippen molar-refractivity contribution in [1.29, 1.82) is 0 Å². The van der Waals surface area contributed by atoms with Crippen molar-refractivity contribution in [3.8, 4) is 5.75 Å². The summed E-state index contributed by atoms with van der Waals surface area (Å²) in [6, 6.07) is 8.49. The third kappa shape index (κ3) is 2.42. The maximum absolute atomic E-state index is 11.9. The quantitative estimate of drug-likeness (QED) is 0.595. The number of likely N-dealkylation sites (N-methyl/N-ethyl adjacent to an activating group) is 1. The molecule has 0 aliphatic carbocycles. The zero-order chi connectivity index (χ0) is 13.1. The maximum Gasteiger partial charge on any atom is 0.365 e. The van der Waals surface area contributed by atoms with Crippen LogP contribution in [0.15, 0.2) is 41.8 Å². The Balaban J connectivity index is 2.18. The van der Waals surface area contributed by atoms with Crippen LogP contribution in [0.5, 0.6) is 5.75 Å². The van der Waals surface area contributed by atoms with Crippen LogP contribution in [-0.2, 0) is 9.59 Å². The van der Waals surface area contributed by atoms with E-state index in [0.29, 0.717) is 5.75 Å². The molecule has 2 N–H and O–H groups in total. The van der Waals surface area contributed by atoms with E-state index in [1.807, 2.05) is 0 Å². The van der Waals surface area contributed by atoms with Crippen molar-refractivity contribution in [3.63, 3.8) is 0 Å². The average Bonchev–Trinajstić information content (AvgIpc) is 2.28. The van der Waals surface area contributed by atoms with Gasteiger partial charge in [0.1, 0.15) is 11.5 Å². The van der Waals surface area contributed by atoms with Gasteiger partial charge < -0.3 is 9.84 Å². The highest BCUT2D eigenvalue weighted by Gasteiger charge is 2.28. The molecule has 0 bridgehead atoms. The molecule has 0 radical (unpaired) electrons. The molecular formula is C12H12N2O4. The van der Waals surface area contributed by atoms with E-state index in [1.54, 1.807) is 30.3 Å². The normalized spacial score (nSPS) is 15.4. The molecule has 1 aliphatic rings. The number of hydrogen-bond acceptors (Lipinski definition) is 5. The minimum atomic E-state index is -0.721. The van der Waals surface area contributed by atoms with Gasteiger partial charge in [-0.1, -0.05) is 18.2 Å². The number of carbonyl (C=O) groups is 2. The van der Waals surface area contributed by atoms with Gasteiger partial charge in [-0.2, -0.15) is 0 Å². The maximum atomic E-state index is 11.9. The predicted octanol–water partition coefficient (Wildman–Crippen LogP) is 0.728. The van der Waals surface area contributed by atoms with Crippen molar-refractivity contribution in [3.05, 3.63) is 41.8 Å². The second-order valence-electron chi connectivity index (χ2n) is 3.77. The van der Waals surface area contributed by atoms with Crippen molar-refractivity contribution in [2.24, 2.45) is 0 Å². The number of hydrazine groups is 1. The van der Waals surface area contributed by atoms with Crippen molar-refractivity contribution in [2.45, 2.75) is 6.42 Å². The standard InChI is InChI=1S/C12H12N2O4/c1-14-11(9(15)7-10(16)13-14)12(17)18-8-5-3-2-4-6-8/h2-6,15H,7H2,1H3,(H,13,16). The van der Waals surface area contributed by atoms with E-state index in [4.69, 9.17) is 4.74 Å². The molecule has 0 unspecified atom stereocenters. The molecular weight excluding hydrogens is 236 g/mol. The number of esters is 1. The molecule has 2 rings (SSSR count). The van der Waals surface area contributed by atoms with Crippen molar-refractivity contribution in [2.75, 3.05) is 7.05 Å². The number of nitrogens with zero attached hydrogens (tertiary/aromatic N) is 1. The number of rotatable bonds is 2. The lowest BCUT2D eigenvalue weighted by Crippen LogP contribution is -2.46. The summed E-state index contributed by atoms with van der Waals surface area (Å²) in [5.74, 6) is -1.04. The Morgan fingerprint density at radius 3 is 2.67 bits per heavy atom. The summed E-state index contributed by atoms with van der Waals surface area (Å²) in [7, 11) is 1.45. The first kappa shape index (κ1) is 12.0. The second-order valence-corrected chi connectivity index (χ2v) is 3.77. The van der Waals surface area contributed by atoms with Crippen molar-refractivity contribution < 1.29 is 19.4 Å². The number of carbonyl (C=O) groups excluding carboxylic acids is 2. The van der Waals surface area contributed by atoms with E-state index >= 15 is 0 Å². The summed E-state index contributed by atoms with van der Waals surface area (Å²) in [4.78, 5) is 23.0. The SMILES string of the molecule is CN1NC(=O)CC(O)=C1C(=O)Oc1ccccc1. The first-order valence-corrected chi connectivity index (χ1v) is 5.30. The number of amides is 1. The van der Waals surface area contributed by atoms with Gasteiger partial charge in [-0.25, -0.2) is 4.79 Å². The third-order valence-electron chi connectivity index (χ3n) is 2.38. The molecule has 6 heteroatoms.